The molecule has 2 bridgehead atoms. The lowest BCUT2D eigenvalue weighted by molar-refractivity contribution is -0.186. The van der Waals surface area contributed by atoms with Crippen LogP contribution in [0.1, 0.15) is 29.4 Å². The van der Waals surface area contributed by atoms with Crippen molar-refractivity contribution in [1.29, 1.82) is 0 Å². The number of aromatic nitrogens is 2. The number of piperidine rings is 1. The van der Waals surface area contributed by atoms with Gasteiger partial charge >= 0.3 is 12.1 Å². The number of fused-ring (bicyclic) bond motifs is 6. The van der Waals surface area contributed by atoms with E-state index in [0.717, 1.165) is 22.4 Å². The van der Waals surface area contributed by atoms with E-state index < -0.39 is 12.1 Å². The second-order valence-electron chi connectivity index (χ2n) is 6.08. The van der Waals surface area contributed by atoms with E-state index in [-0.39, 0.29) is 30.5 Å². The highest BCUT2D eigenvalue weighted by atomic mass is 19.4. The van der Waals surface area contributed by atoms with Crippen LogP contribution in [-0.2, 0) is 4.79 Å². The van der Waals surface area contributed by atoms with Gasteiger partial charge in [0.25, 0.3) is 5.56 Å². The van der Waals surface area contributed by atoms with Crippen LogP contribution in [0.5, 0.6) is 0 Å². The number of nitrogens with one attached hydrogen (secondary N) is 1. The van der Waals surface area contributed by atoms with Crippen LogP contribution in [-0.4, -0.2) is 40.0 Å². The SMILES string of the molecule is O=C(N1C[C@H]2C[C@@H](C1)c1cc3[nH]c(=O)cnc3cc12)C(F)(F)F. The number of halogens is 3. The number of hydrogen-bond acceptors (Lipinski definition) is 3. The number of carbonyl (C=O) groups is 1. The van der Waals surface area contributed by atoms with Crippen molar-refractivity contribution >= 4 is 16.9 Å². The van der Waals surface area contributed by atoms with Gasteiger partial charge in [0.15, 0.2) is 0 Å². The van der Waals surface area contributed by atoms with Crippen molar-refractivity contribution < 1.29 is 18.0 Å². The fourth-order valence-electron chi connectivity index (χ4n) is 3.72. The molecule has 0 spiro atoms. The van der Waals surface area contributed by atoms with Gasteiger partial charge in [0.2, 0.25) is 0 Å². The molecule has 23 heavy (non-hydrogen) atoms. The Morgan fingerprint density at radius 3 is 2.52 bits per heavy atom. The molecule has 2 aliphatic rings. The van der Waals surface area contributed by atoms with E-state index in [2.05, 4.69) is 9.97 Å². The van der Waals surface area contributed by atoms with Crippen LogP contribution < -0.4 is 5.56 Å². The number of H-pyrrole nitrogens is 1. The highest BCUT2D eigenvalue weighted by molar-refractivity contribution is 5.83. The average Bonchev–Trinajstić information content (AvgIpc) is 2.74. The van der Waals surface area contributed by atoms with E-state index >= 15 is 0 Å². The first-order chi connectivity index (χ1) is 10.8. The second-order valence-corrected chi connectivity index (χ2v) is 6.08. The minimum Gasteiger partial charge on any atom is -0.334 e. The number of aromatic amines is 1. The van der Waals surface area contributed by atoms with Gasteiger partial charge in [0, 0.05) is 24.9 Å². The largest absolute Gasteiger partial charge is 0.471 e. The first-order valence-electron chi connectivity index (χ1n) is 7.22. The number of hydrogen-bond donors (Lipinski definition) is 1. The van der Waals surface area contributed by atoms with Crippen LogP contribution in [0.15, 0.2) is 23.1 Å². The number of benzene rings is 1. The molecule has 120 valence electrons. The van der Waals surface area contributed by atoms with Crippen LogP contribution in [0.25, 0.3) is 11.0 Å². The number of amides is 1. The molecule has 1 aliphatic carbocycles. The molecule has 4 rings (SSSR count). The third kappa shape index (κ3) is 2.20. The fraction of sp³-hybridized carbons (Fsp3) is 0.400. The molecule has 2 atom stereocenters. The Kier molecular flexibility index (Phi) is 2.82. The van der Waals surface area contributed by atoms with Gasteiger partial charge in [-0.1, -0.05) is 0 Å². The maximum absolute atomic E-state index is 12.7. The highest BCUT2D eigenvalue weighted by Gasteiger charge is 2.47. The Morgan fingerprint density at radius 1 is 1.22 bits per heavy atom. The summed E-state index contributed by atoms with van der Waals surface area (Å²) in [6, 6.07) is 3.60. The zero-order valence-corrected chi connectivity index (χ0v) is 11.9. The summed E-state index contributed by atoms with van der Waals surface area (Å²) >= 11 is 0. The number of rotatable bonds is 0. The van der Waals surface area contributed by atoms with Gasteiger partial charge in [-0.25, -0.2) is 4.98 Å². The summed E-state index contributed by atoms with van der Waals surface area (Å²) in [5.74, 6) is -2.03. The molecule has 1 N–H and O–H groups in total. The van der Waals surface area contributed by atoms with Crippen molar-refractivity contribution in [3.8, 4) is 0 Å². The lowest BCUT2D eigenvalue weighted by Gasteiger charge is -2.32. The molecule has 1 aromatic carbocycles. The van der Waals surface area contributed by atoms with E-state index in [9.17, 15) is 22.8 Å². The number of carbonyl (C=O) groups excluding carboxylic acids is 1. The Bertz CT molecular complexity index is 874. The van der Waals surface area contributed by atoms with Gasteiger partial charge in [-0.2, -0.15) is 13.2 Å². The minimum atomic E-state index is -4.85. The Morgan fingerprint density at radius 2 is 1.87 bits per heavy atom. The first kappa shape index (κ1) is 14.2. The maximum Gasteiger partial charge on any atom is 0.471 e. The highest BCUT2D eigenvalue weighted by Crippen LogP contribution is 2.47. The van der Waals surface area contributed by atoms with Crippen molar-refractivity contribution in [2.24, 2.45) is 0 Å². The predicted octanol–water partition coefficient (Wildman–Crippen LogP) is 1.90. The summed E-state index contributed by atoms with van der Waals surface area (Å²) in [7, 11) is 0. The van der Waals surface area contributed by atoms with Gasteiger partial charge < -0.3 is 9.88 Å². The lowest BCUT2D eigenvalue weighted by Crippen LogP contribution is -2.46. The number of alkyl halides is 3. The molecule has 0 unspecified atom stereocenters. The van der Waals surface area contributed by atoms with Crippen molar-refractivity contribution in [2.45, 2.75) is 24.4 Å². The molecule has 1 fully saturated rings. The van der Waals surface area contributed by atoms with Crippen molar-refractivity contribution in [1.82, 2.24) is 14.9 Å². The van der Waals surface area contributed by atoms with Crippen LogP contribution in [0.3, 0.4) is 0 Å². The maximum atomic E-state index is 12.7. The fourth-order valence-corrected chi connectivity index (χ4v) is 3.72. The molecule has 0 saturated carbocycles. The second kappa shape index (κ2) is 4.56. The summed E-state index contributed by atoms with van der Waals surface area (Å²) < 4.78 is 38.0. The zero-order chi connectivity index (χ0) is 16.4. The summed E-state index contributed by atoms with van der Waals surface area (Å²) in [6.07, 6.45) is -2.95. The standard InChI is InChI=1S/C15H12F3N3O2/c16-15(17,18)14(23)21-5-7-1-8(6-21)10-3-12-11(2-9(7)10)19-4-13(22)20-12/h2-4,7-8H,1,5-6H2,(H,20,22)/t7-,8+/m1/s1. The van der Waals surface area contributed by atoms with Crippen LogP contribution >= 0.6 is 0 Å². The van der Waals surface area contributed by atoms with Gasteiger partial charge in [0.05, 0.1) is 17.2 Å². The van der Waals surface area contributed by atoms with E-state index in [4.69, 9.17) is 0 Å². The molecule has 1 saturated heterocycles. The van der Waals surface area contributed by atoms with Crippen molar-refractivity contribution in [3.63, 3.8) is 0 Å². The summed E-state index contributed by atoms with van der Waals surface area (Å²) in [6.45, 7) is 0.120. The van der Waals surface area contributed by atoms with Gasteiger partial charge in [-0.05, 0) is 29.7 Å². The minimum absolute atomic E-state index is 0.0534. The molecule has 5 nitrogen and oxygen atoms in total. The van der Waals surface area contributed by atoms with Crippen LogP contribution in [0, 0.1) is 0 Å². The molecule has 2 heterocycles. The third-order valence-corrected chi connectivity index (χ3v) is 4.64. The summed E-state index contributed by atoms with van der Waals surface area (Å²) in [4.78, 5) is 30.5. The topological polar surface area (TPSA) is 66.1 Å². The van der Waals surface area contributed by atoms with Crippen LogP contribution in [0.2, 0.25) is 0 Å². The zero-order valence-electron chi connectivity index (χ0n) is 11.9. The van der Waals surface area contributed by atoms with Gasteiger partial charge in [-0.3, -0.25) is 9.59 Å². The molecular formula is C15H12F3N3O2. The van der Waals surface area contributed by atoms with E-state index in [0.29, 0.717) is 11.0 Å². The van der Waals surface area contributed by atoms with Crippen molar-refractivity contribution in [3.05, 3.63) is 39.8 Å². The van der Waals surface area contributed by atoms with Gasteiger partial charge in [0.1, 0.15) is 0 Å². The quantitative estimate of drug-likeness (QED) is 0.805. The smallest absolute Gasteiger partial charge is 0.334 e. The van der Waals surface area contributed by atoms with Crippen LogP contribution in [0.4, 0.5) is 13.2 Å². The molecular weight excluding hydrogens is 311 g/mol. The number of nitrogens with zero attached hydrogens (tertiary/aromatic N) is 2. The molecule has 2 aromatic rings. The van der Waals surface area contributed by atoms with Crippen molar-refractivity contribution in [2.75, 3.05) is 13.1 Å². The molecule has 1 aliphatic heterocycles. The summed E-state index contributed by atoms with van der Waals surface area (Å²) in [5, 5.41) is 0. The van der Waals surface area contributed by atoms with E-state index in [1.807, 2.05) is 6.07 Å². The lowest BCUT2D eigenvalue weighted by atomic mass is 9.95. The molecule has 8 heteroatoms. The van der Waals surface area contributed by atoms with E-state index in [1.54, 1.807) is 6.07 Å². The molecule has 0 radical (unpaired) electrons. The Labute approximate surface area is 128 Å². The predicted molar refractivity (Wildman–Crippen MR) is 75.1 cm³/mol. The Hall–Kier alpha value is -2.38. The first-order valence-corrected chi connectivity index (χ1v) is 7.22. The van der Waals surface area contributed by atoms with Gasteiger partial charge in [-0.15, -0.1) is 0 Å². The monoisotopic (exact) mass is 323 g/mol. The normalized spacial score (nSPS) is 23.2. The molecule has 1 aromatic heterocycles. The third-order valence-electron chi connectivity index (χ3n) is 4.64. The van der Waals surface area contributed by atoms with E-state index in [1.165, 1.54) is 6.20 Å². The Balaban J connectivity index is 1.75. The summed E-state index contributed by atoms with van der Waals surface area (Å²) in [5.41, 5.74) is 2.68. The molecule has 1 amide bonds. The number of likely N-dealkylation sites (tertiary alicyclic amines) is 1. The average molecular weight is 323 g/mol.